The van der Waals surface area contributed by atoms with Crippen LogP contribution in [-0.2, 0) is 23.8 Å². The van der Waals surface area contributed by atoms with Crippen molar-refractivity contribution in [3.8, 4) is 0 Å². The van der Waals surface area contributed by atoms with E-state index in [0.717, 1.165) is 0 Å². The number of carbonyl (C=O) groups excluding carboxylic acids is 2. The summed E-state index contributed by atoms with van der Waals surface area (Å²) in [6.45, 7) is 3.17. The van der Waals surface area contributed by atoms with Gasteiger partial charge in [0.1, 0.15) is 19.5 Å². The monoisotopic (exact) mass is 188 g/mol. The van der Waals surface area contributed by atoms with E-state index in [1.807, 2.05) is 0 Å². The molecule has 1 saturated heterocycles. The van der Waals surface area contributed by atoms with E-state index in [9.17, 15) is 9.59 Å². The van der Waals surface area contributed by atoms with Crippen molar-refractivity contribution in [3.05, 3.63) is 0 Å². The van der Waals surface area contributed by atoms with Crippen LogP contribution in [0.5, 0.6) is 0 Å². The van der Waals surface area contributed by atoms with Crippen molar-refractivity contribution in [3.63, 3.8) is 0 Å². The molecule has 0 aromatic heterocycles. The first kappa shape index (κ1) is 10.3. The van der Waals surface area contributed by atoms with Gasteiger partial charge in [-0.25, -0.2) is 0 Å². The van der Waals surface area contributed by atoms with Crippen LogP contribution in [0.2, 0.25) is 0 Å². The van der Waals surface area contributed by atoms with Crippen molar-refractivity contribution in [2.45, 2.75) is 25.4 Å². The van der Waals surface area contributed by atoms with Crippen LogP contribution in [0.15, 0.2) is 0 Å². The van der Waals surface area contributed by atoms with Crippen LogP contribution in [0, 0.1) is 0 Å². The quantitative estimate of drug-likeness (QED) is 0.575. The summed E-state index contributed by atoms with van der Waals surface area (Å²) in [5.41, 5.74) is 0. The van der Waals surface area contributed by atoms with Gasteiger partial charge in [-0.15, -0.1) is 0 Å². The summed E-state index contributed by atoms with van der Waals surface area (Å²) in [5.74, 6) is -2.26. The minimum Gasteiger partial charge on any atom is -0.344 e. The smallest absolute Gasteiger partial charge is 0.253 e. The third kappa shape index (κ3) is 2.33. The van der Waals surface area contributed by atoms with Crippen LogP contribution >= 0.6 is 0 Å². The third-order valence-corrected chi connectivity index (χ3v) is 1.61. The second-order valence-electron chi connectivity index (χ2n) is 3.20. The maximum atomic E-state index is 10.7. The van der Waals surface area contributed by atoms with Crippen molar-refractivity contribution < 1.29 is 23.8 Å². The van der Waals surface area contributed by atoms with Crippen molar-refractivity contribution in [2.75, 3.05) is 13.2 Å². The maximum Gasteiger partial charge on any atom is 0.253 e. The SMILES string of the molecule is CC1(C)OCC(C=O)(OCC=O)O1. The molecule has 1 heterocycles. The number of hydrogen-bond acceptors (Lipinski definition) is 5. The van der Waals surface area contributed by atoms with E-state index >= 15 is 0 Å². The molecule has 74 valence electrons. The molecule has 0 spiro atoms. The van der Waals surface area contributed by atoms with Gasteiger partial charge in [0.05, 0.1) is 0 Å². The molecular weight excluding hydrogens is 176 g/mol. The van der Waals surface area contributed by atoms with E-state index in [1.165, 1.54) is 0 Å². The molecule has 0 aromatic rings. The number of carbonyl (C=O) groups is 2. The number of ether oxygens (including phenoxy) is 3. The molecule has 1 fully saturated rings. The Morgan fingerprint density at radius 3 is 2.54 bits per heavy atom. The van der Waals surface area contributed by atoms with Crippen molar-refractivity contribution >= 4 is 12.6 Å². The standard InChI is InChI=1S/C8H12O5/c1-7(2)12-6-8(5-10,13-7)11-4-3-9/h3,5H,4,6H2,1-2H3. The van der Waals surface area contributed by atoms with Crippen LogP contribution in [-0.4, -0.2) is 37.4 Å². The van der Waals surface area contributed by atoms with E-state index in [2.05, 4.69) is 0 Å². The van der Waals surface area contributed by atoms with Crippen LogP contribution in [0.4, 0.5) is 0 Å². The predicted molar refractivity (Wildman–Crippen MR) is 41.9 cm³/mol. The molecule has 5 nitrogen and oxygen atoms in total. The first-order valence-electron chi connectivity index (χ1n) is 3.92. The van der Waals surface area contributed by atoms with Gasteiger partial charge < -0.3 is 19.0 Å². The molecular formula is C8H12O5. The molecule has 0 N–H and O–H groups in total. The lowest BCUT2D eigenvalue weighted by Gasteiger charge is -2.22. The highest BCUT2D eigenvalue weighted by molar-refractivity contribution is 5.62. The zero-order valence-electron chi connectivity index (χ0n) is 7.61. The third-order valence-electron chi connectivity index (χ3n) is 1.61. The van der Waals surface area contributed by atoms with Gasteiger partial charge in [-0.3, -0.25) is 4.79 Å². The molecule has 13 heavy (non-hydrogen) atoms. The van der Waals surface area contributed by atoms with Gasteiger partial charge in [0.15, 0.2) is 12.1 Å². The van der Waals surface area contributed by atoms with Crippen LogP contribution in [0.25, 0.3) is 0 Å². The molecule has 0 saturated carbocycles. The van der Waals surface area contributed by atoms with E-state index in [1.54, 1.807) is 13.8 Å². The molecule has 5 heteroatoms. The van der Waals surface area contributed by atoms with Crippen LogP contribution in [0.1, 0.15) is 13.8 Å². The fraction of sp³-hybridized carbons (Fsp3) is 0.750. The van der Waals surface area contributed by atoms with Crippen molar-refractivity contribution in [1.29, 1.82) is 0 Å². The van der Waals surface area contributed by atoms with Gasteiger partial charge in [0, 0.05) is 0 Å². The van der Waals surface area contributed by atoms with Crippen LogP contribution in [0.3, 0.4) is 0 Å². The Morgan fingerprint density at radius 1 is 1.46 bits per heavy atom. The average Bonchev–Trinajstić information content (AvgIpc) is 2.40. The number of rotatable bonds is 4. The first-order chi connectivity index (χ1) is 6.04. The summed E-state index contributed by atoms with van der Waals surface area (Å²) >= 11 is 0. The zero-order valence-corrected chi connectivity index (χ0v) is 7.61. The molecule has 1 atom stereocenters. The molecule has 1 unspecified atom stereocenters. The second-order valence-corrected chi connectivity index (χ2v) is 3.20. The Labute approximate surface area is 76.0 Å². The molecule has 0 aliphatic carbocycles. The van der Waals surface area contributed by atoms with Gasteiger partial charge in [0.2, 0.25) is 0 Å². The Hall–Kier alpha value is -0.780. The maximum absolute atomic E-state index is 10.7. The topological polar surface area (TPSA) is 61.8 Å². The van der Waals surface area contributed by atoms with E-state index in [4.69, 9.17) is 14.2 Å². The fourth-order valence-electron chi connectivity index (χ4n) is 1.09. The molecule has 0 amide bonds. The highest BCUT2D eigenvalue weighted by Crippen LogP contribution is 2.30. The number of aldehydes is 2. The largest absolute Gasteiger partial charge is 0.344 e. The van der Waals surface area contributed by atoms with Crippen molar-refractivity contribution in [1.82, 2.24) is 0 Å². The van der Waals surface area contributed by atoms with Gasteiger partial charge in [-0.1, -0.05) is 0 Å². The minimum atomic E-state index is -1.41. The van der Waals surface area contributed by atoms with Gasteiger partial charge in [-0.05, 0) is 13.8 Å². The summed E-state index contributed by atoms with van der Waals surface area (Å²) in [4.78, 5) is 20.7. The van der Waals surface area contributed by atoms with E-state index in [0.29, 0.717) is 12.6 Å². The Balaban J connectivity index is 2.62. The van der Waals surface area contributed by atoms with E-state index in [-0.39, 0.29) is 13.2 Å². The lowest BCUT2D eigenvalue weighted by Crippen LogP contribution is -2.39. The zero-order chi connectivity index (χ0) is 9.95. The Kier molecular flexibility index (Phi) is 2.80. The summed E-state index contributed by atoms with van der Waals surface area (Å²) < 4.78 is 15.3. The molecule has 0 aromatic carbocycles. The summed E-state index contributed by atoms with van der Waals surface area (Å²) in [6.07, 6.45) is 1.06. The summed E-state index contributed by atoms with van der Waals surface area (Å²) in [6, 6.07) is 0. The van der Waals surface area contributed by atoms with Gasteiger partial charge in [0.25, 0.3) is 5.79 Å². The normalized spacial score (nSPS) is 31.5. The average molecular weight is 188 g/mol. The predicted octanol–water partition coefficient (Wildman–Crippen LogP) is -0.120. The Morgan fingerprint density at radius 2 is 2.15 bits per heavy atom. The summed E-state index contributed by atoms with van der Waals surface area (Å²) in [5, 5.41) is 0. The molecule has 0 bridgehead atoms. The van der Waals surface area contributed by atoms with Crippen molar-refractivity contribution in [2.24, 2.45) is 0 Å². The lowest BCUT2D eigenvalue weighted by atomic mass is 10.3. The number of hydrogen-bond donors (Lipinski definition) is 0. The highest BCUT2D eigenvalue weighted by Gasteiger charge is 2.46. The first-order valence-corrected chi connectivity index (χ1v) is 3.92. The minimum absolute atomic E-state index is 0.0112. The second kappa shape index (κ2) is 3.53. The van der Waals surface area contributed by atoms with Crippen LogP contribution < -0.4 is 0 Å². The molecule has 0 radical (unpaired) electrons. The van der Waals surface area contributed by atoms with E-state index < -0.39 is 11.6 Å². The fourth-order valence-corrected chi connectivity index (χ4v) is 1.09. The lowest BCUT2D eigenvalue weighted by molar-refractivity contribution is -0.234. The molecule has 1 rings (SSSR count). The highest BCUT2D eigenvalue weighted by atomic mass is 16.8. The Bertz CT molecular complexity index is 213. The summed E-state index contributed by atoms with van der Waals surface area (Å²) in [7, 11) is 0. The molecule has 1 aliphatic rings. The van der Waals surface area contributed by atoms with Gasteiger partial charge in [-0.2, -0.15) is 0 Å². The molecule has 1 aliphatic heterocycles. The van der Waals surface area contributed by atoms with Gasteiger partial charge >= 0.3 is 0 Å².